The van der Waals surface area contributed by atoms with Crippen LogP contribution in [-0.2, 0) is 12.1 Å². The first-order valence-corrected chi connectivity index (χ1v) is 10.2. The molecule has 1 N–H and O–H groups in total. The fraction of sp³-hybridized carbons (Fsp3) is 0.391. The first-order valence-electron chi connectivity index (χ1n) is 10.2. The van der Waals surface area contributed by atoms with E-state index < -0.39 is 0 Å². The standard InChI is InChI=1S/C23H27N5/c1-17(2)22-25-15-21-23(26-19-14-24-11-8-20(19)28(21)22)9-12-27(13-10-23)16-18-6-4-3-5-7-18/h3-8,11,14-15,17,26H,9-10,12-13,16H2,1-2H3. The molecular weight excluding hydrogens is 346 g/mol. The topological polar surface area (TPSA) is 46.0 Å². The van der Waals surface area contributed by atoms with Crippen LogP contribution in [0.5, 0.6) is 0 Å². The van der Waals surface area contributed by atoms with Crippen LogP contribution >= 0.6 is 0 Å². The molecule has 2 aromatic heterocycles. The van der Waals surface area contributed by atoms with E-state index >= 15 is 0 Å². The second-order valence-electron chi connectivity index (χ2n) is 8.35. The van der Waals surface area contributed by atoms with Crippen molar-refractivity contribution in [1.29, 1.82) is 0 Å². The van der Waals surface area contributed by atoms with Gasteiger partial charge >= 0.3 is 0 Å². The van der Waals surface area contributed by atoms with E-state index in [4.69, 9.17) is 4.98 Å². The van der Waals surface area contributed by atoms with Gasteiger partial charge in [0.25, 0.3) is 0 Å². The Hall–Kier alpha value is -2.66. The number of aromatic nitrogens is 3. The Morgan fingerprint density at radius 1 is 1.07 bits per heavy atom. The van der Waals surface area contributed by atoms with Gasteiger partial charge in [-0.3, -0.25) is 14.5 Å². The third-order valence-corrected chi connectivity index (χ3v) is 6.17. The highest BCUT2D eigenvalue weighted by Gasteiger charge is 2.43. The molecule has 0 amide bonds. The van der Waals surface area contributed by atoms with Gasteiger partial charge in [-0.15, -0.1) is 0 Å². The molecule has 2 aliphatic heterocycles. The molecule has 0 atom stereocenters. The number of piperidine rings is 1. The van der Waals surface area contributed by atoms with Gasteiger partial charge in [0.15, 0.2) is 0 Å². The first-order chi connectivity index (χ1) is 13.7. The van der Waals surface area contributed by atoms with Crippen LogP contribution in [0.1, 0.15) is 49.7 Å². The Morgan fingerprint density at radius 2 is 1.86 bits per heavy atom. The van der Waals surface area contributed by atoms with Crippen LogP contribution in [0.4, 0.5) is 5.69 Å². The lowest BCUT2D eigenvalue weighted by Gasteiger charge is -2.46. The molecule has 4 heterocycles. The van der Waals surface area contributed by atoms with Gasteiger partial charge in [0, 0.05) is 31.7 Å². The van der Waals surface area contributed by atoms with Gasteiger partial charge in [-0.05, 0) is 24.5 Å². The molecule has 5 nitrogen and oxygen atoms in total. The van der Waals surface area contributed by atoms with Crippen molar-refractivity contribution in [3.8, 4) is 5.69 Å². The maximum absolute atomic E-state index is 4.82. The monoisotopic (exact) mass is 373 g/mol. The fourth-order valence-electron chi connectivity index (χ4n) is 4.68. The summed E-state index contributed by atoms with van der Waals surface area (Å²) in [7, 11) is 0. The van der Waals surface area contributed by atoms with Crippen molar-refractivity contribution in [3.63, 3.8) is 0 Å². The summed E-state index contributed by atoms with van der Waals surface area (Å²) in [6.45, 7) is 7.59. The van der Waals surface area contributed by atoms with Crippen LogP contribution in [0.15, 0.2) is 55.0 Å². The number of pyridine rings is 1. The van der Waals surface area contributed by atoms with Gasteiger partial charge < -0.3 is 5.32 Å². The van der Waals surface area contributed by atoms with E-state index in [9.17, 15) is 0 Å². The van der Waals surface area contributed by atoms with Crippen molar-refractivity contribution in [3.05, 3.63) is 72.1 Å². The zero-order chi connectivity index (χ0) is 19.1. The molecule has 0 saturated carbocycles. The number of imidazole rings is 1. The number of benzene rings is 1. The maximum atomic E-state index is 4.82. The molecule has 0 aliphatic carbocycles. The number of likely N-dealkylation sites (tertiary alicyclic amines) is 1. The minimum Gasteiger partial charge on any atom is -0.371 e. The zero-order valence-corrected chi connectivity index (χ0v) is 16.6. The Bertz CT molecular complexity index is 968. The molecule has 1 spiro atoms. The summed E-state index contributed by atoms with van der Waals surface area (Å²) < 4.78 is 2.38. The Labute approximate surface area is 166 Å². The van der Waals surface area contributed by atoms with Gasteiger partial charge in [-0.1, -0.05) is 44.2 Å². The van der Waals surface area contributed by atoms with Crippen molar-refractivity contribution in [2.24, 2.45) is 0 Å². The average molecular weight is 374 g/mol. The molecule has 28 heavy (non-hydrogen) atoms. The predicted octanol–water partition coefficient (Wildman–Crippen LogP) is 4.31. The number of anilines is 1. The fourth-order valence-corrected chi connectivity index (χ4v) is 4.68. The normalized spacial score (nSPS) is 18.0. The number of rotatable bonds is 3. The number of nitrogens with one attached hydrogen (secondary N) is 1. The molecule has 5 heteroatoms. The number of fused-ring (bicyclic) bond motifs is 4. The van der Waals surface area contributed by atoms with Crippen molar-refractivity contribution < 1.29 is 0 Å². The Morgan fingerprint density at radius 3 is 2.61 bits per heavy atom. The minimum atomic E-state index is -0.0661. The van der Waals surface area contributed by atoms with Gasteiger partial charge in [-0.2, -0.15) is 0 Å². The third-order valence-electron chi connectivity index (χ3n) is 6.17. The van der Waals surface area contributed by atoms with E-state index in [-0.39, 0.29) is 5.54 Å². The maximum Gasteiger partial charge on any atom is 0.116 e. The molecule has 0 radical (unpaired) electrons. The lowest BCUT2D eigenvalue weighted by molar-refractivity contribution is 0.162. The molecule has 144 valence electrons. The van der Waals surface area contributed by atoms with E-state index in [1.807, 2.05) is 12.4 Å². The lowest BCUT2D eigenvalue weighted by atomic mass is 9.82. The van der Waals surface area contributed by atoms with Crippen LogP contribution in [0.2, 0.25) is 0 Å². The number of hydrogen-bond donors (Lipinski definition) is 1. The number of nitrogens with zero attached hydrogens (tertiary/aromatic N) is 4. The van der Waals surface area contributed by atoms with Crippen molar-refractivity contribution in [2.75, 3.05) is 18.4 Å². The highest BCUT2D eigenvalue weighted by Crippen LogP contribution is 2.44. The average Bonchev–Trinajstić information content (AvgIpc) is 3.18. The predicted molar refractivity (Wildman–Crippen MR) is 112 cm³/mol. The molecule has 1 fully saturated rings. The Balaban J connectivity index is 1.46. The quantitative estimate of drug-likeness (QED) is 0.743. The lowest BCUT2D eigenvalue weighted by Crippen LogP contribution is -2.49. The molecule has 2 aliphatic rings. The summed E-state index contributed by atoms with van der Waals surface area (Å²) in [6.07, 6.45) is 8.06. The number of hydrogen-bond acceptors (Lipinski definition) is 4. The van der Waals surface area contributed by atoms with Gasteiger partial charge in [0.05, 0.1) is 35.0 Å². The summed E-state index contributed by atoms with van der Waals surface area (Å²) in [4.78, 5) is 11.8. The van der Waals surface area contributed by atoms with E-state index in [0.29, 0.717) is 5.92 Å². The van der Waals surface area contributed by atoms with Gasteiger partial charge in [0.1, 0.15) is 5.82 Å². The van der Waals surface area contributed by atoms with Crippen LogP contribution in [0.3, 0.4) is 0 Å². The molecule has 5 rings (SSSR count). The molecule has 0 bridgehead atoms. The van der Waals surface area contributed by atoms with Crippen molar-refractivity contribution >= 4 is 5.69 Å². The largest absolute Gasteiger partial charge is 0.371 e. The SMILES string of the molecule is CC(C)c1ncc2n1-c1ccncc1NC21CCN(Cc2ccccc2)CC1. The van der Waals surface area contributed by atoms with E-state index in [1.165, 1.54) is 16.9 Å². The second kappa shape index (κ2) is 6.74. The summed E-state index contributed by atoms with van der Waals surface area (Å²) in [5.41, 5.74) is 4.91. The van der Waals surface area contributed by atoms with Gasteiger partial charge in [0.2, 0.25) is 0 Å². The molecule has 0 unspecified atom stereocenters. The van der Waals surface area contributed by atoms with Crippen molar-refractivity contribution in [1.82, 2.24) is 19.4 Å². The van der Waals surface area contributed by atoms with E-state index in [1.54, 1.807) is 0 Å². The molecule has 1 aromatic carbocycles. The highest BCUT2D eigenvalue weighted by molar-refractivity contribution is 5.66. The summed E-state index contributed by atoms with van der Waals surface area (Å²) in [5, 5.41) is 3.86. The van der Waals surface area contributed by atoms with Crippen molar-refractivity contribution in [2.45, 2.75) is 44.7 Å². The minimum absolute atomic E-state index is 0.0661. The smallest absolute Gasteiger partial charge is 0.116 e. The molecular formula is C23H27N5. The summed E-state index contributed by atoms with van der Waals surface area (Å²) in [6, 6.07) is 12.9. The molecule has 1 saturated heterocycles. The van der Waals surface area contributed by atoms with Crippen LogP contribution in [-0.4, -0.2) is 32.5 Å². The third kappa shape index (κ3) is 2.81. The van der Waals surface area contributed by atoms with E-state index in [0.717, 1.165) is 44.0 Å². The van der Waals surface area contributed by atoms with Crippen LogP contribution in [0, 0.1) is 0 Å². The zero-order valence-electron chi connectivity index (χ0n) is 16.6. The highest BCUT2D eigenvalue weighted by atomic mass is 15.2. The summed E-state index contributed by atoms with van der Waals surface area (Å²) in [5.74, 6) is 1.51. The molecule has 3 aromatic rings. The van der Waals surface area contributed by atoms with Crippen LogP contribution in [0.25, 0.3) is 5.69 Å². The van der Waals surface area contributed by atoms with E-state index in [2.05, 4.69) is 76.2 Å². The second-order valence-corrected chi connectivity index (χ2v) is 8.35. The van der Waals surface area contributed by atoms with Crippen LogP contribution < -0.4 is 5.32 Å². The Kier molecular flexibility index (Phi) is 4.20. The van der Waals surface area contributed by atoms with Gasteiger partial charge in [-0.25, -0.2) is 4.98 Å². The first kappa shape index (κ1) is 17.4. The summed E-state index contributed by atoms with van der Waals surface area (Å²) >= 11 is 0.